The molecular formula is C12H20N2O. The molecule has 84 valence electrons. The molecule has 0 amide bonds. The second-order valence-corrected chi connectivity index (χ2v) is 4.77. The first-order valence-electron chi connectivity index (χ1n) is 5.72. The van der Waals surface area contributed by atoms with Crippen molar-refractivity contribution in [2.24, 2.45) is 5.41 Å². The molecule has 0 bridgehead atoms. The van der Waals surface area contributed by atoms with Crippen LogP contribution < -0.4 is 10.6 Å². The lowest BCUT2D eigenvalue weighted by Gasteiger charge is -2.34. The fourth-order valence-corrected chi connectivity index (χ4v) is 2.17. The molecule has 3 nitrogen and oxygen atoms in total. The lowest BCUT2D eigenvalue weighted by atomic mass is 9.83. The van der Waals surface area contributed by atoms with Gasteiger partial charge < -0.3 is 15.1 Å². The summed E-state index contributed by atoms with van der Waals surface area (Å²) in [6, 6.07) is 3.94. The second-order valence-electron chi connectivity index (χ2n) is 4.77. The van der Waals surface area contributed by atoms with Crippen LogP contribution in [0, 0.1) is 5.41 Å². The van der Waals surface area contributed by atoms with Crippen LogP contribution in [0.4, 0.5) is 0 Å². The molecule has 1 fully saturated rings. The van der Waals surface area contributed by atoms with Gasteiger partial charge in [-0.3, -0.25) is 0 Å². The Hall–Kier alpha value is -0.800. The maximum absolute atomic E-state index is 5.28. The van der Waals surface area contributed by atoms with Crippen molar-refractivity contribution in [3.63, 3.8) is 0 Å². The zero-order valence-electron chi connectivity index (χ0n) is 9.38. The van der Waals surface area contributed by atoms with Crippen LogP contribution in [-0.2, 0) is 6.54 Å². The van der Waals surface area contributed by atoms with Crippen LogP contribution in [-0.4, -0.2) is 19.6 Å². The third kappa shape index (κ3) is 3.08. The van der Waals surface area contributed by atoms with Gasteiger partial charge in [0, 0.05) is 13.1 Å². The van der Waals surface area contributed by atoms with Crippen molar-refractivity contribution in [2.45, 2.75) is 26.3 Å². The number of nitrogens with one attached hydrogen (secondary N) is 2. The van der Waals surface area contributed by atoms with Gasteiger partial charge in [0.1, 0.15) is 5.76 Å². The fourth-order valence-electron chi connectivity index (χ4n) is 2.17. The van der Waals surface area contributed by atoms with Gasteiger partial charge >= 0.3 is 0 Å². The summed E-state index contributed by atoms with van der Waals surface area (Å²) in [5.41, 5.74) is 0.408. The largest absolute Gasteiger partial charge is 0.468 e. The zero-order valence-corrected chi connectivity index (χ0v) is 9.38. The summed E-state index contributed by atoms with van der Waals surface area (Å²) in [4.78, 5) is 0. The van der Waals surface area contributed by atoms with Gasteiger partial charge in [-0.1, -0.05) is 6.92 Å². The van der Waals surface area contributed by atoms with E-state index in [4.69, 9.17) is 4.42 Å². The normalized spacial score (nSPS) is 26.7. The summed E-state index contributed by atoms with van der Waals surface area (Å²) in [6.07, 6.45) is 4.32. The fraction of sp³-hybridized carbons (Fsp3) is 0.667. The molecule has 2 heterocycles. The van der Waals surface area contributed by atoms with E-state index in [1.54, 1.807) is 6.26 Å². The zero-order chi connectivity index (χ0) is 10.6. The Morgan fingerprint density at radius 3 is 3.20 bits per heavy atom. The van der Waals surface area contributed by atoms with Crippen LogP contribution in [0.2, 0.25) is 0 Å². The van der Waals surface area contributed by atoms with Crippen molar-refractivity contribution in [3.05, 3.63) is 24.2 Å². The van der Waals surface area contributed by atoms with E-state index < -0.39 is 0 Å². The number of hydrogen-bond donors (Lipinski definition) is 2. The molecule has 0 radical (unpaired) electrons. The third-order valence-electron chi connectivity index (χ3n) is 3.12. The Morgan fingerprint density at radius 2 is 2.53 bits per heavy atom. The van der Waals surface area contributed by atoms with Gasteiger partial charge in [-0.25, -0.2) is 0 Å². The molecule has 0 aliphatic carbocycles. The SMILES string of the molecule is CC1(CNCc2ccco2)CCCNC1. The Balaban J connectivity index is 1.72. The van der Waals surface area contributed by atoms with Crippen molar-refractivity contribution >= 4 is 0 Å². The molecule has 2 N–H and O–H groups in total. The first kappa shape index (κ1) is 10.7. The molecule has 0 spiro atoms. The summed E-state index contributed by atoms with van der Waals surface area (Å²) in [7, 11) is 0. The van der Waals surface area contributed by atoms with Gasteiger partial charge in [-0.15, -0.1) is 0 Å². The van der Waals surface area contributed by atoms with E-state index in [1.165, 1.54) is 19.4 Å². The average molecular weight is 208 g/mol. The third-order valence-corrected chi connectivity index (χ3v) is 3.12. The minimum Gasteiger partial charge on any atom is -0.468 e. The lowest BCUT2D eigenvalue weighted by molar-refractivity contribution is 0.224. The molecular weight excluding hydrogens is 188 g/mol. The Kier molecular flexibility index (Phi) is 3.44. The molecule has 1 unspecified atom stereocenters. The number of piperidine rings is 1. The van der Waals surface area contributed by atoms with E-state index >= 15 is 0 Å². The average Bonchev–Trinajstić information content (AvgIpc) is 2.71. The van der Waals surface area contributed by atoms with Crippen molar-refractivity contribution in [3.8, 4) is 0 Å². The minimum absolute atomic E-state index is 0.408. The van der Waals surface area contributed by atoms with Gasteiger partial charge in [-0.05, 0) is 36.9 Å². The van der Waals surface area contributed by atoms with Crippen molar-refractivity contribution < 1.29 is 4.42 Å². The Morgan fingerprint density at radius 1 is 1.60 bits per heavy atom. The van der Waals surface area contributed by atoms with Crippen LogP contribution in [0.1, 0.15) is 25.5 Å². The van der Waals surface area contributed by atoms with E-state index in [1.807, 2.05) is 12.1 Å². The molecule has 1 atom stereocenters. The van der Waals surface area contributed by atoms with Crippen molar-refractivity contribution in [1.29, 1.82) is 0 Å². The minimum atomic E-state index is 0.408. The van der Waals surface area contributed by atoms with E-state index in [0.717, 1.165) is 25.4 Å². The topological polar surface area (TPSA) is 37.2 Å². The molecule has 15 heavy (non-hydrogen) atoms. The monoisotopic (exact) mass is 208 g/mol. The standard InChI is InChI=1S/C12H20N2O/c1-12(5-3-6-13-9-12)10-14-8-11-4-2-7-15-11/h2,4,7,13-14H,3,5-6,8-10H2,1H3. The second kappa shape index (κ2) is 4.81. The maximum atomic E-state index is 5.28. The quantitative estimate of drug-likeness (QED) is 0.791. The molecule has 1 aliphatic rings. The summed E-state index contributed by atoms with van der Waals surface area (Å²) >= 11 is 0. The van der Waals surface area contributed by atoms with Gasteiger partial charge in [-0.2, -0.15) is 0 Å². The Bertz CT molecular complexity index is 276. The highest BCUT2D eigenvalue weighted by Gasteiger charge is 2.25. The van der Waals surface area contributed by atoms with Crippen molar-refractivity contribution in [1.82, 2.24) is 10.6 Å². The lowest BCUT2D eigenvalue weighted by Crippen LogP contribution is -2.44. The van der Waals surface area contributed by atoms with E-state index in [9.17, 15) is 0 Å². The summed E-state index contributed by atoms with van der Waals surface area (Å²) < 4.78 is 5.28. The summed E-state index contributed by atoms with van der Waals surface area (Å²) in [5, 5.41) is 6.92. The first-order valence-corrected chi connectivity index (χ1v) is 5.72. The number of hydrogen-bond acceptors (Lipinski definition) is 3. The first-order chi connectivity index (χ1) is 7.29. The molecule has 3 heteroatoms. The molecule has 1 aromatic rings. The summed E-state index contributed by atoms with van der Waals surface area (Å²) in [6.45, 7) is 6.53. The molecule has 2 rings (SSSR count). The summed E-state index contributed by atoms with van der Waals surface area (Å²) in [5.74, 6) is 1.02. The van der Waals surface area contributed by atoms with E-state index in [0.29, 0.717) is 5.41 Å². The highest BCUT2D eigenvalue weighted by molar-refractivity contribution is 4.97. The molecule has 1 saturated heterocycles. The van der Waals surface area contributed by atoms with Gasteiger partial charge in [0.2, 0.25) is 0 Å². The van der Waals surface area contributed by atoms with Crippen LogP contribution >= 0.6 is 0 Å². The van der Waals surface area contributed by atoms with Crippen LogP contribution in [0.3, 0.4) is 0 Å². The molecule has 1 aromatic heterocycles. The van der Waals surface area contributed by atoms with Gasteiger partial charge in [0.15, 0.2) is 0 Å². The molecule has 0 saturated carbocycles. The highest BCUT2D eigenvalue weighted by Crippen LogP contribution is 2.24. The van der Waals surface area contributed by atoms with Gasteiger partial charge in [0.25, 0.3) is 0 Å². The van der Waals surface area contributed by atoms with Crippen LogP contribution in [0.15, 0.2) is 22.8 Å². The molecule has 1 aliphatic heterocycles. The maximum Gasteiger partial charge on any atom is 0.117 e. The number of furan rings is 1. The van der Waals surface area contributed by atoms with E-state index in [2.05, 4.69) is 17.6 Å². The van der Waals surface area contributed by atoms with Crippen LogP contribution in [0.25, 0.3) is 0 Å². The number of rotatable bonds is 4. The van der Waals surface area contributed by atoms with Gasteiger partial charge in [0.05, 0.1) is 12.8 Å². The smallest absolute Gasteiger partial charge is 0.117 e. The van der Waals surface area contributed by atoms with Crippen molar-refractivity contribution in [2.75, 3.05) is 19.6 Å². The molecule has 0 aromatic carbocycles. The Labute approximate surface area is 91.2 Å². The highest BCUT2D eigenvalue weighted by atomic mass is 16.3. The predicted molar refractivity (Wildman–Crippen MR) is 60.6 cm³/mol. The predicted octanol–water partition coefficient (Wildman–Crippen LogP) is 1.76. The van der Waals surface area contributed by atoms with E-state index in [-0.39, 0.29) is 0 Å². The van der Waals surface area contributed by atoms with Crippen LogP contribution in [0.5, 0.6) is 0 Å².